The molecule has 0 radical (unpaired) electrons. The zero-order chi connectivity index (χ0) is 18.1. The van der Waals surface area contributed by atoms with Crippen molar-refractivity contribution in [2.24, 2.45) is 4.99 Å². The molecular formula is C18H15ClN2O3S. The van der Waals surface area contributed by atoms with Crippen molar-refractivity contribution < 1.29 is 14.7 Å². The van der Waals surface area contributed by atoms with Crippen molar-refractivity contribution in [1.29, 1.82) is 0 Å². The van der Waals surface area contributed by atoms with E-state index in [2.05, 4.69) is 4.99 Å². The number of fused-ring (bicyclic) bond motifs is 1. The highest BCUT2D eigenvalue weighted by Gasteiger charge is 2.19. The minimum atomic E-state index is -0.989. The zero-order valence-corrected chi connectivity index (χ0v) is 15.1. The van der Waals surface area contributed by atoms with Crippen molar-refractivity contribution in [2.45, 2.75) is 19.9 Å². The van der Waals surface area contributed by atoms with Gasteiger partial charge in [-0.1, -0.05) is 35.1 Å². The van der Waals surface area contributed by atoms with Crippen LogP contribution in [0.25, 0.3) is 10.2 Å². The number of carbonyl (C=O) groups excluding carboxylic acids is 1. The molecule has 0 spiro atoms. The Hall–Kier alpha value is -2.44. The van der Waals surface area contributed by atoms with Gasteiger partial charge in [0.25, 0.3) is 5.91 Å². The maximum absolute atomic E-state index is 12.5. The van der Waals surface area contributed by atoms with Crippen LogP contribution in [0.2, 0.25) is 5.02 Å². The molecule has 5 nitrogen and oxygen atoms in total. The van der Waals surface area contributed by atoms with E-state index in [1.54, 1.807) is 29.7 Å². The Bertz CT molecular complexity index is 1050. The Morgan fingerprint density at radius 2 is 2.00 bits per heavy atom. The van der Waals surface area contributed by atoms with Gasteiger partial charge in [-0.05, 0) is 49.7 Å². The lowest BCUT2D eigenvalue weighted by Gasteiger charge is -2.10. The Balaban J connectivity index is 2.22. The summed E-state index contributed by atoms with van der Waals surface area (Å²) in [6, 6.07) is 11.4. The van der Waals surface area contributed by atoms with Gasteiger partial charge in [0, 0.05) is 10.6 Å². The van der Waals surface area contributed by atoms with Gasteiger partial charge in [0.1, 0.15) is 6.04 Å². The van der Waals surface area contributed by atoms with Gasteiger partial charge in [-0.3, -0.25) is 4.79 Å². The first-order valence-corrected chi connectivity index (χ1v) is 8.75. The van der Waals surface area contributed by atoms with Crippen LogP contribution in [0.5, 0.6) is 0 Å². The first-order chi connectivity index (χ1) is 11.9. The van der Waals surface area contributed by atoms with Crippen LogP contribution in [0.3, 0.4) is 0 Å². The quantitative estimate of drug-likeness (QED) is 0.751. The highest BCUT2D eigenvalue weighted by molar-refractivity contribution is 7.16. The lowest BCUT2D eigenvalue weighted by molar-refractivity contribution is -0.140. The smallest absolute Gasteiger partial charge is 0.326 e. The molecule has 0 aliphatic heterocycles. The number of carboxylic acids is 1. The molecule has 0 fully saturated rings. The fourth-order valence-corrected chi connectivity index (χ4v) is 3.87. The van der Waals surface area contributed by atoms with E-state index < -0.39 is 17.9 Å². The number of nitrogens with zero attached hydrogens (tertiary/aromatic N) is 2. The summed E-state index contributed by atoms with van der Waals surface area (Å²) in [5.74, 6) is -1.45. The van der Waals surface area contributed by atoms with E-state index >= 15 is 0 Å². The average molecular weight is 375 g/mol. The number of aryl methyl sites for hydroxylation is 1. The van der Waals surface area contributed by atoms with E-state index in [1.165, 1.54) is 17.4 Å². The van der Waals surface area contributed by atoms with E-state index in [4.69, 9.17) is 11.6 Å². The normalized spacial score (nSPS) is 13.2. The second-order valence-corrected chi connectivity index (χ2v) is 7.11. The molecule has 0 saturated carbocycles. The predicted octanol–water partition coefficient (Wildman–Crippen LogP) is 4.05. The minimum Gasteiger partial charge on any atom is -0.480 e. The first-order valence-electron chi connectivity index (χ1n) is 7.56. The molecule has 7 heteroatoms. The van der Waals surface area contributed by atoms with E-state index in [0.29, 0.717) is 15.4 Å². The summed E-state index contributed by atoms with van der Waals surface area (Å²) >= 11 is 7.21. The summed E-state index contributed by atoms with van der Waals surface area (Å²) in [5, 5.41) is 9.86. The molecular weight excluding hydrogens is 360 g/mol. The van der Waals surface area contributed by atoms with Gasteiger partial charge >= 0.3 is 5.97 Å². The van der Waals surface area contributed by atoms with E-state index in [-0.39, 0.29) is 0 Å². The Kier molecular flexibility index (Phi) is 4.74. The van der Waals surface area contributed by atoms with Crippen molar-refractivity contribution in [3.8, 4) is 0 Å². The molecule has 1 N–H and O–H groups in total. The van der Waals surface area contributed by atoms with E-state index in [1.807, 2.05) is 25.1 Å². The lowest BCUT2D eigenvalue weighted by Crippen LogP contribution is -2.25. The number of hydrogen-bond acceptors (Lipinski definition) is 3. The topological polar surface area (TPSA) is 71.7 Å². The molecule has 3 aromatic rings. The molecule has 0 aliphatic carbocycles. The van der Waals surface area contributed by atoms with Crippen molar-refractivity contribution in [2.75, 3.05) is 0 Å². The fourth-order valence-electron chi connectivity index (χ4n) is 2.49. The predicted molar refractivity (Wildman–Crippen MR) is 98.2 cm³/mol. The molecule has 128 valence electrons. The van der Waals surface area contributed by atoms with Gasteiger partial charge in [-0.15, -0.1) is 0 Å². The molecule has 25 heavy (non-hydrogen) atoms. The average Bonchev–Trinajstić information content (AvgIpc) is 2.90. The van der Waals surface area contributed by atoms with Crippen LogP contribution in [0.15, 0.2) is 47.5 Å². The lowest BCUT2D eigenvalue weighted by atomic mass is 10.2. The van der Waals surface area contributed by atoms with Crippen molar-refractivity contribution in [3.05, 3.63) is 63.4 Å². The van der Waals surface area contributed by atoms with Gasteiger partial charge in [-0.2, -0.15) is 4.99 Å². The summed E-state index contributed by atoms with van der Waals surface area (Å²) in [7, 11) is 0. The zero-order valence-electron chi connectivity index (χ0n) is 13.6. The van der Waals surface area contributed by atoms with Crippen molar-refractivity contribution >= 4 is 45.0 Å². The fraction of sp³-hybridized carbons (Fsp3) is 0.167. The van der Waals surface area contributed by atoms with Gasteiger partial charge in [0.15, 0.2) is 4.80 Å². The summed E-state index contributed by atoms with van der Waals surface area (Å²) in [6.45, 7) is 3.52. The number of carbonyl (C=O) groups is 2. The molecule has 3 rings (SSSR count). The number of hydrogen-bond donors (Lipinski definition) is 1. The molecule has 1 aromatic heterocycles. The molecule has 0 bridgehead atoms. The summed E-state index contributed by atoms with van der Waals surface area (Å²) < 4.78 is 2.45. The number of carboxylic acid groups (broad SMARTS) is 1. The number of rotatable bonds is 3. The van der Waals surface area contributed by atoms with Crippen LogP contribution in [0.4, 0.5) is 0 Å². The third kappa shape index (κ3) is 3.50. The highest BCUT2D eigenvalue weighted by atomic mass is 35.5. The summed E-state index contributed by atoms with van der Waals surface area (Å²) in [5.41, 5.74) is 2.15. The Labute approximate surface area is 152 Å². The third-order valence-corrected chi connectivity index (χ3v) is 5.05. The summed E-state index contributed by atoms with van der Waals surface area (Å²) in [6.07, 6.45) is 0. The first kappa shape index (κ1) is 17.4. The van der Waals surface area contributed by atoms with Crippen LogP contribution >= 0.6 is 22.9 Å². The van der Waals surface area contributed by atoms with Crippen LogP contribution in [-0.4, -0.2) is 21.6 Å². The van der Waals surface area contributed by atoms with Gasteiger partial charge < -0.3 is 9.67 Å². The van der Waals surface area contributed by atoms with Crippen LogP contribution in [-0.2, 0) is 4.79 Å². The van der Waals surface area contributed by atoms with Crippen LogP contribution < -0.4 is 4.80 Å². The van der Waals surface area contributed by atoms with E-state index in [0.717, 1.165) is 15.8 Å². The molecule has 0 saturated heterocycles. The SMILES string of the molecule is Cc1ccc2c(c1)sc(=NC(=O)c1cccc(Cl)c1)n2C(C)C(=O)O. The van der Waals surface area contributed by atoms with Crippen LogP contribution in [0, 0.1) is 6.92 Å². The largest absolute Gasteiger partial charge is 0.480 e. The number of halogens is 1. The maximum atomic E-state index is 12.5. The number of benzene rings is 2. The Morgan fingerprint density at radius 3 is 2.68 bits per heavy atom. The number of amides is 1. The van der Waals surface area contributed by atoms with Crippen molar-refractivity contribution in [1.82, 2.24) is 4.57 Å². The van der Waals surface area contributed by atoms with E-state index in [9.17, 15) is 14.7 Å². The van der Waals surface area contributed by atoms with Crippen LogP contribution in [0.1, 0.15) is 28.9 Å². The standard InChI is InChI=1S/C18H15ClN2O3S/c1-10-6-7-14-15(8-10)25-18(21(14)11(2)17(23)24)20-16(22)12-4-3-5-13(19)9-12/h3-9,11H,1-2H3,(H,23,24). The van der Waals surface area contributed by atoms with Gasteiger partial charge in [-0.25, -0.2) is 4.79 Å². The molecule has 2 aromatic carbocycles. The Morgan fingerprint density at radius 1 is 1.24 bits per heavy atom. The third-order valence-electron chi connectivity index (χ3n) is 3.80. The van der Waals surface area contributed by atoms with Gasteiger partial charge in [0.2, 0.25) is 0 Å². The molecule has 1 atom stereocenters. The van der Waals surface area contributed by atoms with Gasteiger partial charge in [0.05, 0.1) is 10.2 Å². The number of aromatic nitrogens is 1. The minimum absolute atomic E-state index is 0.348. The molecule has 1 heterocycles. The molecule has 1 amide bonds. The number of thiazole rings is 1. The second kappa shape index (κ2) is 6.82. The highest BCUT2D eigenvalue weighted by Crippen LogP contribution is 2.22. The summed E-state index contributed by atoms with van der Waals surface area (Å²) in [4.78, 5) is 28.5. The maximum Gasteiger partial charge on any atom is 0.326 e. The monoisotopic (exact) mass is 374 g/mol. The second-order valence-electron chi connectivity index (χ2n) is 5.67. The molecule has 0 aliphatic rings. The molecule has 1 unspecified atom stereocenters. The number of aliphatic carboxylic acids is 1. The van der Waals surface area contributed by atoms with Crippen molar-refractivity contribution in [3.63, 3.8) is 0 Å².